The van der Waals surface area contributed by atoms with E-state index in [0.29, 0.717) is 0 Å². The maximum atomic E-state index is 11.9. The molecule has 0 bridgehead atoms. The average molecular weight is 413 g/mol. The van der Waals surface area contributed by atoms with Crippen LogP contribution in [-0.4, -0.2) is 34.2 Å². The second kappa shape index (κ2) is 10.0. The standard InChI is InChI=1S/C20H20N4O2S2/c1-14(2)26-17-10-8-15(9-11-17)12-21-22-18(25)13-27-20-24-23-19(28-20)16-6-4-3-5-7-16/h3-12,14H,13H2,1-2H3,(H,22,25). The molecule has 0 fully saturated rings. The van der Waals surface area contributed by atoms with Gasteiger partial charge < -0.3 is 4.74 Å². The van der Waals surface area contributed by atoms with Gasteiger partial charge in [0, 0.05) is 5.56 Å². The molecule has 0 unspecified atom stereocenters. The summed E-state index contributed by atoms with van der Waals surface area (Å²) in [6.45, 7) is 3.96. The van der Waals surface area contributed by atoms with E-state index in [1.807, 2.05) is 68.4 Å². The molecule has 3 aromatic rings. The summed E-state index contributed by atoms with van der Waals surface area (Å²) < 4.78 is 6.34. The van der Waals surface area contributed by atoms with Crippen LogP contribution in [0.5, 0.6) is 5.75 Å². The molecule has 0 atom stereocenters. The van der Waals surface area contributed by atoms with Gasteiger partial charge in [-0.15, -0.1) is 10.2 Å². The van der Waals surface area contributed by atoms with E-state index in [1.165, 1.54) is 23.1 Å². The molecular weight excluding hydrogens is 392 g/mol. The maximum absolute atomic E-state index is 11.9. The summed E-state index contributed by atoms with van der Waals surface area (Å²) in [6, 6.07) is 17.4. The number of carbonyl (C=O) groups excluding carboxylic acids is 1. The van der Waals surface area contributed by atoms with Gasteiger partial charge in [-0.1, -0.05) is 53.4 Å². The van der Waals surface area contributed by atoms with E-state index >= 15 is 0 Å². The molecule has 0 spiro atoms. The number of aromatic nitrogens is 2. The Morgan fingerprint density at radius 1 is 1.18 bits per heavy atom. The third-order valence-electron chi connectivity index (χ3n) is 3.41. The number of thioether (sulfide) groups is 1. The van der Waals surface area contributed by atoms with Crippen LogP contribution in [0.2, 0.25) is 0 Å². The van der Waals surface area contributed by atoms with Crippen LogP contribution in [-0.2, 0) is 4.79 Å². The summed E-state index contributed by atoms with van der Waals surface area (Å²) in [6.07, 6.45) is 1.73. The minimum Gasteiger partial charge on any atom is -0.491 e. The van der Waals surface area contributed by atoms with Crippen molar-refractivity contribution in [3.8, 4) is 16.3 Å². The molecule has 0 saturated carbocycles. The van der Waals surface area contributed by atoms with Gasteiger partial charge in [-0.25, -0.2) is 5.43 Å². The highest BCUT2D eigenvalue weighted by molar-refractivity contribution is 8.01. The third-order valence-corrected chi connectivity index (χ3v) is 5.51. The van der Waals surface area contributed by atoms with Gasteiger partial charge in [0.25, 0.3) is 5.91 Å². The zero-order valence-electron chi connectivity index (χ0n) is 15.5. The zero-order valence-corrected chi connectivity index (χ0v) is 17.2. The smallest absolute Gasteiger partial charge is 0.250 e. The first-order valence-corrected chi connectivity index (χ1v) is 10.5. The molecule has 0 aliphatic rings. The molecule has 1 heterocycles. The van der Waals surface area contributed by atoms with Crippen molar-refractivity contribution in [3.63, 3.8) is 0 Å². The summed E-state index contributed by atoms with van der Waals surface area (Å²) in [4.78, 5) is 11.9. The molecule has 144 valence electrons. The van der Waals surface area contributed by atoms with Crippen molar-refractivity contribution in [1.82, 2.24) is 15.6 Å². The van der Waals surface area contributed by atoms with Gasteiger partial charge in [-0.3, -0.25) is 4.79 Å². The predicted octanol–water partition coefficient (Wildman–Crippen LogP) is 4.23. The lowest BCUT2D eigenvalue weighted by atomic mass is 10.2. The van der Waals surface area contributed by atoms with E-state index < -0.39 is 0 Å². The normalized spacial score (nSPS) is 11.1. The lowest BCUT2D eigenvalue weighted by molar-refractivity contribution is -0.118. The number of nitrogens with zero attached hydrogens (tertiary/aromatic N) is 3. The molecule has 1 aromatic heterocycles. The quantitative estimate of drug-likeness (QED) is 0.340. The van der Waals surface area contributed by atoms with E-state index in [9.17, 15) is 4.79 Å². The van der Waals surface area contributed by atoms with Crippen molar-refractivity contribution in [1.29, 1.82) is 0 Å². The minimum absolute atomic E-state index is 0.133. The molecule has 8 heteroatoms. The third kappa shape index (κ3) is 6.17. The lowest BCUT2D eigenvalue weighted by Crippen LogP contribution is -2.19. The molecule has 0 aliphatic heterocycles. The van der Waals surface area contributed by atoms with Crippen LogP contribution in [0.1, 0.15) is 19.4 Å². The summed E-state index contributed by atoms with van der Waals surface area (Å²) in [7, 11) is 0. The van der Waals surface area contributed by atoms with Crippen LogP contribution in [0.25, 0.3) is 10.6 Å². The van der Waals surface area contributed by atoms with Crippen molar-refractivity contribution >= 4 is 35.2 Å². The first-order chi connectivity index (χ1) is 13.6. The van der Waals surface area contributed by atoms with Gasteiger partial charge in [0.2, 0.25) is 0 Å². The van der Waals surface area contributed by atoms with Gasteiger partial charge in [-0.05, 0) is 43.7 Å². The fraction of sp³-hybridized carbons (Fsp3) is 0.200. The number of carbonyl (C=O) groups is 1. The van der Waals surface area contributed by atoms with Gasteiger partial charge in [-0.2, -0.15) is 5.10 Å². The van der Waals surface area contributed by atoms with Gasteiger partial charge in [0.1, 0.15) is 10.8 Å². The summed E-state index contributed by atoms with van der Waals surface area (Å²) >= 11 is 2.80. The number of hydrazone groups is 1. The summed E-state index contributed by atoms with van der Waals surface area (Å²) in [5, 5.41) is 13.1. The Labute approximate surface area is 172 Å². The number of hydrogen-bond donors (Lipinski definition) is 1. The molecule has 2 aromatic carbocycles. The Balaban J connectivity index is 1.44. The number of nitrogens with one attached hydrogen (secondary N) is 1. The Bertz CT molecular complexity index is 925. The molecule has 28 heavy (non-hydrogen) atoms. The topological polar surface area (TPSA) is 76.5 Å². The average Bonchev–Trinajstić information content (AvgIpc) is 3.17. The van der Waals surface area contributed by atoms with E-state index in [-0.39, 0.29) is 17.8 Å². The van der Waals surface area contributed by atoms with E-state index in [1.54, 1.807) is 6.21 Å². The van der Waals surface area contributed by atoms with Gasteiger partial charge in [0.05, 0.1) is 18.1 Å². The molecule has 1 amide bonds. The number of ether oxygens (including phenoxy) is 1. The van der Waals surface area contributed by atoms with Gasteiger partial charge >= 0.3 is 0 Å². The summed E-state index contributed by atoms with van der Waals surface area (Å²) in [5.41, 5.74) is 4.42. The lowest BCUT2D eigenvalue weighted by Gasteiger charge is -2.09. The molecule has 0 radical (unpaired) electrons. The highest BCUT2D eigenvalue weighted by atomic mass is 32.2. The molecule has 0 saturated heterocycles. The van der Waals surface area contributed by atoms with E-state index in [0.717, 1.165) is 26.2 Å². The van der Waals surface area contributed by atoms with Crippen molar-refractivity contribution in [3.05, 3.63) is 60.2 Å². The fourth-order valence-corrected chi connectivity index (χ4v) is 3.86. The largest absolute Gasteiger partial charge is 0.491 e. The highest BCUT2D eigenvalue weighted by Crippen LogP contribution is 2.28. The van der Waals surface area contributed by atoms with E-state index in [2.05, 4.69) is 20.7 Å². The number of hydrogen-bond acceptors (Lipinski definition) is 7. The van der Waals surface area contributed by atoms with Gasteiger partial charge in [0.15, 0.2) is 4.34 Å². The molecule has 0 aliphatic carbocycles. The van der Waals surface area contributed by atoms with Crippen molar-refractivity contribution in [2.45, 2.75) is 24.3 Å². The monoisotopic (exact) mass is 412 g/mol. The highest BCUT2D eigenvalue weighted by Gasteiger charge is 2.09. The SMILES string of the molecule is CC(C)Oc1ccc(C=NNC(=O)CSc2nnc(-c3ccccc3)s2)cc1. The Morgan fingerprint density at radius 2 is 1.93 bits per heavy atom. The van der Waals surface area contributed by atoms with Crippen molar-refractivity contribution in [2.75, 3.05) is 5.75 Å². The fourth-order valence-electron chi connectivity index (χ4n) is 2.21. The molecule has 6 nitrogen and oxygen atoms in total. The first-order valence-electron chi connectivity index (χ1n) is 8.70. The van der Waals surface area contributed by atoms with Crippen LogP contribution in [0.3, 0.4) is 0 Å². The zero-order chi connectivity index (χ0) is 19.8. The Morgan fingerprint density at radius 3 is 2.64 bits per heavy atom. The number of benzene rings is 2. The summed E-state index contributed by atoms with van der Waals surface area (Å²) in [5.74, 6) is 0.832. The number of rotatable bonds is 8. The van der Waals surface area contributed by atoms with Crippen molar-refractivity contribution in [2.24, 2.45) is 5.10 Å². The Hall–Kier alpha value is -2.71. The Kier molecular flexibility index (Phi) is 7.16. The second-order valence-electron chi connectivity index (χ2n) is 6.06. The van der Waals surface area contributed by atoms with Crippen LogP contribution >= 0.6 is 23.1 Å². The minimum atomic E-state index is -0.197. The van der Waals surface area contributed by atoms with Crippen LogP contribution in [0, 0.1) is 0 Å². The predicted molar refractivity (Wildman–Crippen MR) is 114 cm³/mol. The molecular formula is C20H20N4O2S2. The van der Waals surface area contributed by atoms with E-state index in [4.69, 9.17) is 4.74 Å². The molecule has 1 N–H and O–H groups in total. The second-order valence-corrected chi connectivity index (χ2v) is 8.26. The van der Waals surface area contributed by atoms with Crippen LogP contribution < -0.4 is 10.2 Å². The van der Waals surface area contributed by atoms with Crippen LogP contribution in [0.4, 0.5) is 0 Å². The number of amides is 1. The van der Waals surface area contributed by atoms with Crippen molar-refractivity contribution < 1.29 is 9.53 Å². The maximum Gasteiger partial charge on any atom is 0.250 e. The van der Waals surface area contributed by atoms with Crippen LogP contribution in [0.15, 0.2) is 64.0 Å². The molecule has 3 rings (SSSR count). The first kappa shape index (κ1) is 20.0.